The van der Waals surface area contributed by atoms with Crippen LogP contribution in [0.5, 0.6) is 11.5 Å². The van der Waals surface area contributed by atoms with Gasteiger partial charge in [0.1, 0.15) is 5.69 Å². The summed E-state index contributed by atoms with van der Waals surface area (Å²) in [7, 11) is 1.50. The van der Waals surface area contributed by atoms with Crippen LogP contribution in [0.1, 0.15) is 23.7 Å². The number of amides is 1. The first-order valence-corrected chi connectivity index (χ1v) is 9.20. The maximum atomic E-state index is 12.8. The summed E-state index contributed by atoms with van der Waals surface area (Å²) in [5, 5.41) is 3.10. The van der Waals surface area contributed by atoms with Crippen molar-refractivity contribution in [3.05, 3.63) is 65.4 Å². The van der Waals surface area contributed by atoms with Crippen molar-refractivity contribution in [2.45, 2.75) is 13.3 Å². The highest BCUT2D eigenvalue weighted by atomic mass is 35.5. The van der Waals surface area contributed by atoms with Crippen LogP contribution in [0.4, 0.5) is 5.82 Å². The second-order valence-electron chi connectivity index (χ2n) is 5.91. The number of ether oxygens (including phenoxy) is 2. The van der Waals surface area contributed by atoms with E-state index in [9.17, 15) is 4.79 Å². The van der Waals surface area contributed by atoms with Gasteiger partial charge in [-0.15, -0.1) is 0 Å². The first-order valence-electron chi connectivity index (χ1n) is 8.82. The number of halogens is 1. The monoisotopic (exact) mass is 397 g/mol. The van der Waals surface area contributed by atoms with Crippen molar-refractivity contribution in [2.75, 3.05) is 19.0 Å². The van der Waals surface area contributed by atoms with E-state index in [-0.39, 0.29) is 5.91 Å². The molecule has 0 radical (unpaired) electrons. The summed E-state index contributed by atoms with van der Waals surface area (Å²) in [5.74, 6) is 0.806. The summed E-state index contributed by atoms with van der Waals surface area (Å²) in [4.78, 5) is 21.4. The molecule has 28 heavy (non-hydrogen) atoms. The van der Waals surface area contributed by atoms with Crippen molar-refractivity contribution >= 4 is 23.3 Å². The van der Waals surface area contributed by atoms with E-state index < -0.39 is 0 Å². The zero-order chi connectivity index (χ0) is 19.9. The molecule has 0 bridgehead atoms. The van der Waals surface area contributed by atoms with Gasteiger partial charge in [0.15, 0.2) is 17.3 Å². The van der Waals surface area contributed by atoms with Gasteiger partial charge in [-0.2, -0.15) is 0 Å². The zero-order valence-corrected chi connectivity index (χ0v) is 16.4. The molecule has 1 aromatic heterocycles. The third-order valence-corrected chi connectivity index (χ3v) is 4.20. The molecule has 0 atom stereocenters. The van der Waals surface area contributed by atoms with Crippen LogP contribution < -0.4 is 14.8 Å². The molecule has 6 nitrogen and oxygen atoms in total. The summed E-state index contributed by atoms with van der Waals surface area (Å²) in [6.07, 6.45) is 3.94. The first-order chi connectivity index (χ1) is 13.6. The van der Waals surface area contributed by atoms with E-state index in [1.165, 1.54) is 13.3 Å². The summed E-state index contributed by atoms with van der Waals surface area (Å²) >= 11 is 6.31. The third-order valence-electron chi connectivity index (χ3n) is 3.92. The Balaban J connectivity index is 1.89. The molecule has 0 aliphatic rings. The Bertz CT molecular complexity index is 964. The molecule has 0 saturated heterocycles. The minimum Gasteiger partial charge on any atom is -0.493 e. The molecule has 1 heterocycles. The van der Waals surface area contributed by atoms with Crippen LogP contribution in [0.15, 0.2) is 54.9 Å². The number of nitrogens with zero attached hydrogens (tertiary/aromatic N) is 2. The van der Waals surface area contributed by atoms with E-state index in [1.807, 2.05) is 37.3 Å². The largest absolute Gasteiger partial charge is 0.493 e. The Morgan fingerprint density at radius 2 is 1.89 bits per heavy atom. The Kier molecular flexibility index (Phi) is 6.45. The predicted octanol–water partition coefficient (Wildman–Crippen LogP) is 4.85. The summed E-state index contributed by atoms with van der Waals surface area (Å²) in [6.45, 7) is 2.50. The number of carbonyl (C=O) groups excluding carboxylic acids is 1. The van der Waals surface area contributed by atoms with Gasteiger partial charge in [-0.25, -0.2) is 4.98 Å². The SMILES string of the molecule is CCCOc1c(Cl)cc(C(=O)Nc2nccnc2-c2ccccc2)cc1OC. The third kappa shape index (κ3) is 4.40. The second-order valence-corrected chi connectivity index (χ2v) is 6.32. The Morgan fingerprint density at radius 3 is 2.61 bits per heavy atom. The fourth-order valence-corrected chi connectivity index (χ4v) is 2.88. The number of nitrogens with one attached hydrogen (secondary N) is 1. The standard InChI is InChI=1S/C21H20ClN3O3/c1-3-11-28-19-16(22)12-15(13-17(19)27-2)21(26)25-20-18(23-9-10-24-20)14-7-5-4-6-8-14/h4-10,12-13H,3,11H2,1-2H3,(H,24,25,26). The van der Waals surface area contributed by atoms with Gasteiger partial charge in [-0.1, -0.05) is 48.9 Å². The number of carbonyl (C=O) groups is 1. The number of rotatable bonds is 7. The molecular weight excluding hydrogens is 378 g/mol. The second kappa shape index (κ2) is 9.19. The van der Waals surface area contributed by atoms with Gasteiger partial charge in [0.05, 0.1) is 18.7 Å². The van der Waals surface area contributed by atoms with E-state index in [4.69, 9.17) is 21.1 Å². The topological polar surface area (TPSA) is 73.3 Å². The molecule has 3 aromatic rings. The number of anilines is 1. The fourth-order valence-electron chi connectivity index (χ4n) is 2.61. The van der Waals surface area contributed by atoms with Gasteiger partial charge in [0, 0.05) is 23.5 Å². The minimum absolute atomic E-state index is 0.306. The molecule has 0 saturated carbocycles. The molecule has 0 unspecified atom stereocenters. The van der Waals surface area contributed by atoms with E-state index in [0.717, 1.165) is 12.0 Å². The minimum atomic E-state index is -0.375. The molecular formula is C21H20ClN3O3. The van der Waals surface area contributed by atoms with E-state index in [0.29, 0.717) is 40.2 Å². The molecule has 144 valence electrons. The zero-order valence-electron chi connectivity index (χ0n) is 15.6. The lowest BCUT2D eigenvalue weighted by atomic mass is 10.1. The maximum Gasteiger partial charge on any atom is 0.257 e. The van der Waals surface area contributed by atoms with Crippen LogP contribution in [-0.4, -0.2) is 29.6 Å². The Hall–Kier alpha value is -3.12. The smallest absolute Gasteiger partial charge is 0.257 e. The molecule has 0 aliphatic heterocycles. The van der Waals surface area contributed by atoms with Crippen molar-refractivity contribution < 1.29 is 14.3 Å². The van der Waals surface area contributed by atoms with Crippen LogP contribution in [0, 0.1) is 0 Å². The molecule has 1 amide bonds. The molecule has 2 aromatic carbocycles. The van der Waals surface area contributed by atoms with Gasteiger partial charge in [0.2, 0.25) is 0 Å². The van der Waals surface area contributed by atoms with Crippen molar-refractivity contribution in [3.8, 4) is 22.8 Å². The first kappa shape index (κ1) is 19.6. The van der Waals surface area contributed by atoms with Gasteiger partial charge < -0.3 is 14.8 Å². The van der Waals surface area contributed by atoms with Gasteiger partial charge in [-0.05, 0) is 18.6 Å². The van der Waals surface area contributed by atoms with Crippen LogP contribution in [0.3, 0.4) is 0 Å². The van der Waals surface area contributed by atoms with Crippen molar-refractivity contribution in [2.24, 2.45) is 0 Å². The van der Waals surface area contributed by atoms with E-state index in [2.05, 4.69) is 15.3 Å². The van der Waals surface area contributed by atoms with Gasteiger partial charge in [0.25, 0.3) is 5.91 Å². The molecule has 7 heteroatoms. The van der Waals surface area contributed by atoms with Crippen LogP contribution in [0.2, 0.25) is 5.02 Å². The average Bonchev–Trinajstić information content (AvgIpc) is 2.73. The Labute approximate surface area is 168 Å². The highest BCUT2D eigenvalue weighted by Gasteiger charge is 2.18. The molecule has 3 rings (SSSR count). The highest BCUT2D eigenvalue weighted by molar-refractivity contribution is 6.32. The lowest BCUT2D eigenvalue weighted by molar-refractivity contribution is 0.102. The van der Waals surface area contributed by atoms with Crippen molar-refractivity contribution in [1.82, 2.24) is 9.97 Å². The fraction of sp³-hybridized carbons (Fsp3) is 0.190. The van der Waals surface area contributed by atoms with Crippen LogP contribution >= 0.6 is 11.6 Å². The maximum absolute atomic E-state index is 12.8. The van der Waals surface area contributed by atoms with E-state index >= 15 is 0 Å². The molecule has 0 aliphatic carbocycles. The predicted molar refractivity (Wildman–Crippen MR) is 109 cm³/mol. The summed E-state index contributed by atoms with van der Waals surface area (Å²) in [6, 6.07) is 12.6. The number of hydrogen-bond acceptors (Lipinski definition) is 5. The lowest BCUT2D eigenvalue weighted by Gasteiger charge is -2.14. The number of aromatic nitrogens is 2. The highest BCUT2D eigenvalue weighted by Crippen LogP contribution is 2.37. The Morgan fingerprint density at radius 1 is 1.14 bits per heavy atom. The van der Waals surface area contributed by atoms with Crippen molar-refractivity contribution in [3.63, 3.8) is 0 Å². The number of methoxy groups -OCH3 is 1. The normalized spacial score (nSPS) is 10.4. The lowest BCUT2D eigenvalue weighted by Crippen LogP contribution is -2.14. The molecule has 0 spiro atoms. The summed E-state index contributed by atoms with van der Waals surface area (Å²) < 4.78 is 11.0. The summed E-state index contributed by atoms with van der Waals surface area (Å²) in [5.41, 5.74) is 1.76. The average molecular weight is 398 g/mol. The number of hydrogen-bond donors (Lipinski definition) is 1. The van der Waals surface area contributed by atoms with Crippen molar-refractivity contribution in [1.29, 1.82) is 0 Å². The van der Waals surface area contributed by atoms with E-state index in [1.54, 1.807) is 18.3 Å². The quantitative estimate of drug-likeness (QED) is 0.617. The van der Waals surface area contributed by atoms with Gasteiger partial charge in [-0.3, -0.25) is 9.78 Å². The molecule has 1 N–H and O–H groups in total. The molecule has 0 fully saturated rings. The van der Waals surface area contributed by atoms with Crippen LogP contribution in [-0.2, 0) is 0 Å². The van der Waals surface area contributed by atoms with Gasteiger partial charge >= 0.3 is 0 Å². The van der Waals surface area contributed by atoms with Crippen LogP contribution in [0.25, 0.3) is 11.3 Å². The number of benzene rings is 2.